The molecule has 188 valence electrons. The zero-order valence-electron chi connectivity index (χ0n) is 20.2. The van der Waals surface area contributed by atoms with Crippen LogP contribution in [-0.2, 0) is 11.2 Å². The van der Waals surface area contributed by atoms with Gasteiger partial charge in [0.2, 0.25) is 5.91 Å². The minimum Gasteiger partial charge on any atom is -0.371 e. The van der Waals surface area contributed by atoms with Gasteiger partial charge in [-0.3, -0.25) is 9.59 Å². The van der Waals surface area contributed by atoms with Crippen LogP contribution in [0, 0.1) is 0 Å². The van der Waals surface area contributed by atoms with Gasteiger partial charge < -0.3 is 20.0 Å². The molecular weight excluding hydrogens is 492 g/mol. The van der Waals surface area contributed by atoms with Gasteiger partial charge in [0.25, 0.3) is 5.91 Å². The third-order valence-electron chi connectivity index (χ3n) is 7.01. The molecule has 1 aromatic heterocycles. The maximum Gasteiger partial charge on any atom is 0.256 e. The third kappa shape index (κ3) is 5.85. The Balaban J connectivity index is 1.16. The molecule has 2 aliphatic heterocycles. The van der Waals surface area contributed by atoms with Gasteiger partial charge in [0.15, 0.2) is 0 Å². The highest BCUT2D eigenvalue weighted by Gasteiger charge is 2.27. The van der Waals surface area contributed by atoms with Crippen molar-refractivity contribution in [2.24, 2.45) is 0 Å². The van der Waals surface area contributed by atoms with Crippen molar-refractivity contribution in [1.29, 1.82) is 0 Å². The average molecular weight is 523 g/mol. The Kier molecular flexibility index (Phi) is 7.78. The highest BCUT2D eigenvalue weighted by atomic mass is 35.5. The number of piperazine rings is 1. The summed E-state index contributed by atoms with van der Waals surface area (Å²) in [6.45, 7) is 4.61. The number of thiophene rings is 1. The molecule has 0 saturated carbocycles. The van der Waals surface area contributed by atoms with Crippen LogP contribution >= 0.6 is 22.9 Å². The lowest BCUT2D eigenvalue weighted by atomic mass is 10.0. The third-order valence-corrected chi connectivity index (χ3v) is 8.14. The highest BCUT2D eigenvalue weighted by Crippen LogP contribution is 2.27. The molecular formula is C28H31ClN4O2S. The summed E-state index contributed by atoms with van der Waals surface area (Å²) >= 11 is 7.64. The summed E-state index contributed by atoms with van der Waals surface area (Å²) in [5.74, 6) is 0.178. The van der Waals surface area contributed by atoms with Crippen molar-refractivity contribution in [3.63, 3.8) is 0 Å². The van der Waals surface area contributed by atoms with Crippen LogP contribution in [0.5, 0.6) is 0 Å². The number of anilines is 2. The van der Waals surface area contributed by atoms with Gasteiger partial charge >= 0.3 is 0 Å². The molecule has 2 amide bonds. The zero-order valence-corrected chi connectivity index (χ0v) is 21.8. The summed E-state index contributed by atoms with van der Waals surface area (Å²) in [7, 11) is 0. The minimum absolute atomic E-state index is 0.0872. The van der Waals surface area contributed by atoms with Gasteiger partial charge in [0, 0.05) is 66.6 Å². The van der Waals surface area contributed by atoms with Gasteiger partial charge in [-0.05, 0) is 60.7 Å². The number of hydrogen-bond acceptors (Lipinski definition) is 5. The Morgan fingerprint density at radius 3 is 2.28 bits per heavy atom. The lowest BCUT2D eigenvalue weighted by Crippen LogP contribution is -2.49. The Hall–Kier alpha value is -3.03. The van der Waals surface area contributed by atoms with Crippen LogP contribution in [0.4, 0.5) is 11.4 Å². The van der Waals surface area contributed by atoms with Crippen molar-refractivity contribution in [3.8, 4) is 0 Å². The van der Waals surface area contributed by atoms with Crippen LogP contribution in [-0.4, -0.2) is 62.0 Å². The monoisotopic (exact) mass is 522 g/mol. The van der Waals surface area contributed by atoms with Crippen molar-refractivity contribution in [2.75, 3.05) is 49.1 Å². The smallest absolute Gasteiger partial charge is 0.256 e. The standard InChI is InChI=1S/C28H31ClN4O2S/c29-21-7-9-23(10-8-21)31-15-17-33(18-16-31)28(35)25-5-1-2-6-26(25)32-13-11-22(12-14-32)30-27(34)20-24-4-3-19-36-24/h1-10,19,22H,11-18,20H2,(H,30,34). The van der Waals surface area contributed by atoms with Gasteiger partial charge in [-0.15, -0.1) is 11.3 Å². The first-order valence-corrected chi connectivity index (χ1v) is 13.8. The van der Waals surface area contributed by atoms with Crippen LogP contribution in [0.2, 0.25) is 5.02 Å². The van der Waals surface area contributed by atoms with Gasteiger partial charge in [-0.25, -0.2) is 0 Å². The number of halogens is 1. The Bertz CT molecular complexity index is 1170. The van der Waals surface area contributed by atoms with Crippen LogP contribution in [0.1, 0.15) is 28.1 Å². The number of hydrogen-bond donors (Lipinski definition) is 1. The molecule has 8 heteroatoms. The molecule has 0 unspecified atom stereocenters. The molecule has 1 N–H and O–H groups in total. The summed E-state index contributed by atoms with van der Waals surface area (Å²) in [5.41, 5.74) is 2.89. The van der Waals surface area contributed by atoms with E-state index in [-0.39, 0.29) is 17.9 Å². The van der Waals surface area contributed by atoms with Crippen LogP contribution in [0.25, 0.3) is 0 Å². The van der Waals surface area contributed by atoms with Crippen LogP contribution < -0.4 is 15.1 Å². The topological polar surface area (TPSA) is 55.9 Å². The second-order valence-electron chi connectivity index (χ2n) is 9.36. The van der Waals surface area contributed by atoms with Gasteiger partial charge in [0.05, 0.1) is 12.0 Å². The van der Waals surface area contributed by atoms with E-state index in [1.165, 1.54) is 0 Å². The second kappa shape index (κ2) is 11.4. The first kappa shape index (κ1) is 24.7. The molecule has 2 saturated heterocycles. The van der Waals surface area contributed by atoms with Crippen molar-refractivity contribution < 1.29 is 9.59 Å². The van der Waals surface area contributed by atoms with E-state index in [1.54, 1.807) is 11.3 Å². The maximum atomic E-state index is 13.5. The summed E-state index contributed by atoms with van der Waals surface area (Å²) in [4.78, 5) is 33.6. The molecule has 2 fully saturated rings. The zero-order chi connectivity index (χ0) is 24.9. The fourth-order valence-corrected chi connectivity index (χ4v) is 5.86. The molecule has 36 heavy (non-hydrogen) atoms. The number of benzene rings is 2. The number of piperidine rings is 1. The number of nitrogens with one attached hydrogen (secondary N) is 1. The van der Waals surface area contributed by atoms with E-state index in [1.807, 2.05) is 70.9 Å². The Labute approximate surface area is 221 Å². The number of carbonyl (C=O) groups is 2. The number of carbonyl (C=O) groups excluding carboxylic acids is 2. The van der Waals surface area contributed by atoms with Crippen molar-refractivity contribution in [3.05, 3.63) is 81.5 Å². The van der Waals surface area contributed by atoms with Gasteiger partial charge in [-0.1, -0.05) is 29.8 Å². The first-order chi connectivity index (χ1) is 17.6. The van der Waals surface area contributed by atoms with Crippen molar-refractivity contribution in [2.45, 2.75) is 25.3 Å². The molecule has 3 heterocycles. The SMILES string of the molecule is O=C(Cc1cccs1)NC1CCN(c2ccccc2C(=O)N2CCN(c3ccc(Cl)cc3)CC2)CC1. The van der Waals surface area contributed by atoms with E-state index < -0.39 is 0 Å². The van der Waals surface area contributed by atoms with Crippen molar-refractivity contribution in [1.82, 2.24) is 10.2 Å². The fraction of sp³-hybridized carbons (Fsp3) is 0.357. The molecule has 5 rings (SSSR count). The van der Waals surface area contributed by atoms with Crippen molar-refractivity contribution >= 4 is 46.1 Å². The number of rotatable bonds is 6. The first-order valence-electron chi connectivity index (χ1n) is 12.5. The largest absolute Gasteiger partial charge is 0.371 e. The number of nitrogens with zero attached hydrogens (tertiary/aromatic N) is 3. The van der Waals surface area contributed by atoms with E-state index >= 15 is 0 Å². The number of para-hydroxylation sites is 1. The Morgan fingerprint density at radius 2 is 1.58 bits per heavy atom. The summed E-state index contributed by atoms with van der Waals surface area (Å²) in [6, 6.07) is 20.0. The van der Waals surface area contributed by atoms with E-state index in [9.17, 15) is 9.59 Å². The quantitative estimate of drug-likeness (QED) is 0.510. The average Bonchev–Trinajstić information content (AvgIpc) is 3.42. The molecule has 0 bridgehead atoms. The molecule has 2 aliphatic rings. The molecule has 6 nitrogen and oxygen atoms in total. The summed E-state index contributed by atoms with van der Waals surface area (Å²) in [6.07, 6.45) is 2.19. The molecule has 0 aliphatic carbocycles. The lowest BCUT2D eigenvalue weighted by Gasteiger charge is -2.38. The molecule has 0 atom stereocenters. The Morgan fingerprint density at radius 1 is 0.861 bits per heavy atom. The van der Waals surface area contributed by atoms with E-state index in [4.69, 9.17) is 11.6 Å². The fourth-order valence-electron chi connectivity index (χ4n) is 5.04. The minimum atomic E-state index is 0.0872. The molecule has 2 aromatic carbocycles. The van der Waals surface area contributed by atoms with Gasteiger partial charge in [-0.2, -0.15) is 0 Å². The summed E-state index contributed by atoms with van der Waals surface area (Å²) in [5, 5.41) is 5.92. The lowest BCUT2D eigenvalue weighted by molar-refractivity contribution is -0.121. The molecule has 0 spiro atoms. The van der Waals surface area contributed by atoms with Crippen LogP contribution in [0.15, 0.2) is 66.0 Å². The van der Waals surface area contributed by atoms with E-state index in [0.29, 0.717) is 19.5 Å². The summed E-state index contributed by atoms with van der Waals surface area (Å²) < 4.78 is 0. The molecule has 3 aromatic rings. The predicted molar refractivity (Wildman–Crippen MR) is 147 cm³/mol. The normalized spacial score (nSPS) is 16.8. The second-order valence-corrected chi connectivity index (χ2v) is 10.8. The highest BCUT2D eigenvalue weighted by molar-refractivity contribution is 7.10. The maximum absolute atomic E-state index is 13.5. The number of amides is 2. The molecule has 0 radical (unpaired) electrons. The van der Waals surface area contributed by atoms with Gasteiger partial charge in [0.1, 0.15) is 0 Å². The van der Waals surface area contributed by atoms with Crippen LogP contribution in [0.3, 0.4) is 0 Å². The predicted octanol–water partition coefficient (Wildman–Crippen LogP) is 4.69. The van der Waals surface area contributed by atoms with E-state index in [2.05, 4.69) is 15.1 Å². The van der Waals surface area contributed by atoms with E-state index in [0.717, 1.165) is 65.9 Å².